The van der Waals surface area contributed by atoms with Crippen molar-refractivity contribution >= 4 is 27.6 Å². The van der Waals surface area contributed by atoms with E-state index in [0.717, 1.165) is 19.3 Å². The maximum Gasteiger partial charge on any atom is 0.338 e. The summed E-state index contributed by atoms with van der Waals surface area (Å²) in [5.41, 5.74) is 0.830. The number of rotatable bonds is 7. The van der Waals surface area contributed by atoms with Crippen molar-refractivity contribution in [3.63, 3.8) is 0 Å². The fourth-order valence-electron chi connectivity index (χ4n) is 4.26. The van der Waals surface area contributed by atoms with E-state index in [1.54, 1.807) is 42.9 Å². The van der Waals surface area contributed by atoms with Gasteiger partial charge < -0.3 is 10.1 Å². The maximum atomic E-state index is 13.0. The average Bonchev–Trinajstić information content (AvgIpc) is 3.12. The van der Waals surface area contributed by atoms with Gasteiger partial charge in [-0.05, 0) is 57.0 Å². The number of amides is 1. The Bertz CT molecular complexity index is 1470. The first-order valence-corrected chi connectivity index (χ1v) is 13.5. The van der Waals surface area contributed by atoms with Crippen LogP contribution in [0.2, 0.25) is 0 Å². The molecule has 1 saturated heterocycles. The van der Waals surface area contributed by atoms with Crippen molar-refractivity contribution < 1.29 is 22.7 Å². The summed E-state index contributed by atoms with van der Waals surface area (Å²) in [6.07, 6.45) is 1.34. The smallest absolute Gasteiger partial charge is 0.338 e. The monoisotopic (exact) mass is 526 g/mol. The number of nitrogens with one attached hydrogen (secondary N) is 1. The fourth-order valence-corrected chi connectivity index (χ4v) is 5.82. The number of ether oxygens (including phenoxy) is 1. The third-order valence-electron chi connectivity index (χ3n) is 6.48. The molecule has 1 amide bonds. The quantitative estimate of drug-likeness (QED) is 0.473. The van der Waals surface area contributed by atoms with Gasteiger partial charge in [0.2, 0.25) is 10.0 Å². The van der Waals surface area contributed by atoms with Crippen molar-refractivity contribution in [3.05, 3.63) is 76.2 Å². The summed E-state index contributed by atoms with van der Waals surface area (Å²) in [6.45, 7) is 3.97. The lowest BCUT2D eigenvalue weighted by Gasteiger charge is -2.26. The highest BCUT2D eigenvalue weighted by Crippen LogP contribution is 2.22. The van der Waals surface area contributed by atoms with Gasteiger partial charge in [0.1, 0.15) is 5.69 Å². The van der Waals surface area contributed by atoms with Gasteiger partial charge >= 0.3 is 5.97 Å². The Morgan fingerprint density at radius 1 is 1.00 bits per heavy atom. The molecule has 11 heteroatoms. The molecule has 0 spiro atoms. The van der Waals surface area contributed by atoms with E-state index in [1.807, 2.05) is 6.07 Å². The summed E-state index contributed by atoms with van der Waals surface area (Å²) in [5.74, 6) is -1.53. The number of carbonyl (C=O) groups is 2. The van der Waals surface area contributed by atoms with Crippen molar-refractivity contribution in [2.24, 2.45) is 7.05 Å². The van der Waals surface area contributed by atoms with Crippen molar-refractivity contribution in [1.82, 2.24) is 13.7 Å². The molecule has 196 valence electrons. The first-order chi connectivity index (χ1) is 17.6. The molecular weight excluding hydrogens is 496 g/mol. The van der Waals surface area contributed by atoms with Crippen molar-refractivity contribution in [2.75, 3.05) is 18.4 Å². The molecular formula is C26H30N4O6S. The van der Waals surface area contributed by atoms with Crippen LogP contribution in [0.5, 0.6) is 0 Å². The molecule has 0 bridgehead atoms. The van der Waals surface area contributed by atoms with Crippen molar-refractivity contribution in [1.29, 1.82) is 0 Å². The number of hydrogen-bond donors (Lipinski definition) is 1. The highest BCUT2D eigenvalue weighted by atomic mass is 32.2. The van der Waals surface area contributed by atoms with Gasteiger partial charge in [-0.1, -0.05) is 30.7 Å². The van der Waals surface area contributed by atoms with Crippen LogP contribution in [0.1, 0.15) is 42.2 Å². The SMILES string of the molecule is Cc1c(NC(=O)[C@H](C)OC(=O)c2cccc(S(=O)(=O)N3CCCCC3)c2)c(=O)n(-c2ccccc2)n1C. The Morgan fingerprint density at radius 3 is 2.35 bits per heavy atom. The Labute approximate surface area is 215 Å². The number of aromatic nitrogens is 2. The van der Waals surface area contributed by atoms with Gasteiger partial charge in [0.15, 0.2) is 6.10 Å². The molecule has 1 N–H and O–H groups in total. The number of sulfonamides is 1. The molecule has 0 unspecified atom stereocenters. The summed E-state index contributed by atoms with van der Waals surface area (Å²) in [4.78, 5) is 38.6. The van der Waals surface area contributed by atoms with Crippen LogP contribution in [0, 0.1) is 6.92 Å². The lowest BCUT2D eigenvalue weighted by atomic mass is 10.2. The molecule has 0 saturated carbocycles. The lowest BCUT2D eigenvalue weighted by molar-refractivity contribution is -0.123. The first-order valence-electron chi connectivity index (χ1n) is 12.1. The van der Waals surface area contributed by atoms with Crippen LogP contribution in [0.3, 0.4) is 0 Å². The van der Waals surface area contributed by atoms with Crippen molar-refractivity contribution in [3.8, 4) is 5.69 Å². The van der Waals surface area contributed by atoms with E-state index in [1.165, 1.54) is 40.2 Å². The summed E-state index contributed by atoms with van der Waals surface area (Å²) >= 11 is 0. The standard InChI is InChI=1S/C26H30N4O6S/c1-18-23(25(32)30(28(18)3)21-12-6-4-7-13-21)27-24(31)19(2)36-26(33)20-11-10-14-22(17-20)37(34,35)29-15-8-5-9-16-29/h4,6-7,10-14,17,19H,5,8-9,15-16H2,1-3H3,(H,27,31)/t19-/m0/s1. The summed E-state index contributed by atoms with van der Waals surface area (Å²) in [7, 11) is -2.03. The van der Waals surface area contributed by atoms with E-state index >= 15 is 0 Å². The van der Waals surface area contributed by atoms with Crippen LogP contribution in [-0.4, -0.2) is 53.2 Å². The molecule has 3 aromatic rings. The molecule has 1 aliphatic rings. The molecule has 4 rings (SSSR count). The van der Waals surface area contributed by atoms with Gasteiger partial charge in [-0.3, -0.25) is 14.3 Å². The number of carbonyl (C=O) groups excluding carboxylic acids is 2. The number of nitrogens with zero attached hydrogens (tertiary/aromatic N) is 3. The number of piperidine rings is 1. The molecule has 1 aliphatic heterocycles. The van der Waals surface area contributed by atoms with Gasteiger partial charge in [-0.2, -0.15) is 4.31 Å². The molecule has 1 fully saturated rings. The zero-order valence-corrected chi connectivity index (χ0v) is 21.8. The predicted molar refractivity (Wildman–Crippen MR) is 138 cm³/mol. The number of esters is 1. The predicted octanol–water partition coefficient (Wildman–Crippen LogP) is 2.84. The average molecular weight is 527 g/mol. The second-order valence-corrected chi connectivity index (χ2v) is 10.9. The third-order valence-corrected chi connectivity index (χ3v) is 8.37. The minimum Gasteiger partial charge on any atom is -0.449 e. The van der Waals surface area contributed by atoms with E-state index < -0.39 is 33.6 Å². The van der Waals surface area contributed by atoms with E-state index in [4.69, 9.17) is 4.74 Å². The van der Waals surface area contributed by atoms with E-state index in [0.29, 0.717) is 24.5 Å². The summed E-state index contributed by atoms with van der Waals surface area (Å²) < 4.78 is 35.7. The number of hydrogen-bond acceptors (Lipinski definition) is 6. The molecule has 0 radical (unpaired) electrons. The molecule has 1 aromatic heterocycles. The van der Waals surface area contributed by atoms with Crippen LogP contribution in [0.25, 0.3) is 5.69 Å². The Balaban J connectivity index is 1.48. The van der Waals surface area contributed by atoms with Gasteiger partial charge in [0.05, 0.1) is 21.8 Å². The van der Waals surface area contributed by atoms with Crippen LogP contribution in [0.15, 0.2) is 64.3 Å². The number of para-hydroxylation sites is 1. The second kappa shape index (κ2) is 10.7. The van der Waals surface area contributed by atoms with Gasteiger partial charge in [-0.25, -0.2) is 17.9 Å². The third kappa shape index (κ3) is 5.37. The minimum absolute atomic E-state index is 0.00216. The highest BCUT2D eigenvalue weighted by molar-refractivity contribution is 7.89. The van der Waals surface area contributed by atoms with Crippen molar-refractivity contribution in [2.45, 2.75) is 44.1 Å². The number of benzene rings is 2. The maximum absolute atomic E-state index is 13.0. The Hall–Kier alpha value is -3.70. The molecule has 2 heterocycles. The highest BCUT2D eigenvalue weighted by Gasteiger charge is 2.28. The molecule has 1 atom stereocenters. The largest absolute Gasteiger partial charge is 0.449 e. The normalized spacial score (nSPS) is 15.2. The summed E-state index contributed by atoms with van der Waals surface area (Å²) in [6, 6.07) is 14.6. The fraction of sp³-hybridized carbons (Fsp3) is 0.346. The topological polar surface area (TPSA) is 120 Å². The zero-order chi connectivity index (χ0) is 26.7. The Morgan fingerprint density at radius 2 is 1.68 bits per heavy atom. The van der Waals surface area contributed by atoms with Gasteiger partial charge in [-0.15, -0.1) is 0 Å². The van der Waals surface area contributed by atoms with Gasteiger partial charge in [0, 0.05) is 20.1 Å². The Kier molecular flexibility index (Phi) is 7.65. The van der Waals surface area contributed by atoms with Gasteiger partial charge in [0.25, 0.3) is 11.5 Å². The van der Waals surface area contributed by atoms with Crippen LogP contribution in [0.4, 0.5) is 5.69 Å². The molecule has 2 aromatic carbocycles. The lowest BCUT2D eigenvalue weighted by Crippen LogP contribution is -2.35. The van der Waals surface area contributed by atoms with E-state index in [2.05, 4.69) is 5.32 Å². The molecule has 10 nitrogen and oxygen atoms in total. The van der Waals surface area contributed by atoms with Crippen LogP contribution in [-0.2, 0) is 26.6 Å². The summed E-state index contributed by atoms with van der Waals surface area (Å²) in [5, 5.41) is 2.57. The minimum atomic E-state index is -3.73. The molecule has 0 aliphatic carbocycles. The van der Waals surface area contributed by atoms with Crippen LogP contribution < -0.4 is 10.9 Å². The van der Waals surface area contributed by atoms with E-state index in [9.17, 15) is 22.8 Å². The number of anilines is 1. The zero-order valence-electron chi connectivity index (χ0n) is 21.0. The second-order valence-electron chi connectivity index (χ2n) is 8.97. The van der Waals surface area contributed by atoms with Crippen LogP contribution >= 0.6 is 0 Å². The van der Waals surface area contributed by atoms with E-state index in [-0.39, 0.29) is 16.1 Å². The first kappa shape index (κ1) is 26.4. The molecule has 37 heavy (non-hydrogen) atoms.